The Morgan fingerprint density at radius 3 is 2.22 bits per heavy atom. The topological polar surface area (TPSA) is 3.24 Å². The quantitative estimate of drug-likeness (QED) is 0.489. The van der Waals surface area contributed by atoms with Crippen molar-refractivity contribution in [3.63, 3.8) is 0 Å². The summed E-state index contributed by atoms with van der Waals surface area (Å²) in [5.41, 5.74) is -0.893. The van der Waals surface area contributed by atoms with Crippen LogP contribution in [0.4, 0.5) is 0 Å². The minimum absolute atomic E-state index is 0.824. The molecule has 0 spiro atoms. The molecular weight excluding hydrogens is 110 g/mol. The molecule has 1 unspecified atom stereocenters. The SMILES string of the molecule is [2H]C1C([2H])([2H])N(C(C)(C)C)C([2H])([2H])C1([2H])[2H]. The van der Waals surface area contributed by atoms with Gasteiger partial charge in [0.2, 0.25) is 0 Å². The molecule has 0 aliphatic carbocycles. The highest BCUT2D eigenvalue weighted by Crippen LogP contribution is 2.19. The molecule has 1 aliphatic heterocycles. The number of hydrogen-bond acceptors (Lipinski definition) is 1. The van der Waals surface area contributed by atoms with Crippen molar-refractivity contribution < 1.29 is 9.60 Å². The van der Waals surface area contributed by atoms with Gasteiger partial charge in [0.05, 0.1) is 0 Å². The molecule has 54 valence electrons. The van der Waals surface area contributed by atoms with Crippen LogP contribution >= 0.6 is 0 Å². The highest BCUT2D eigenvalue weighted by Gasteiger charge is 2.23. The van der Waals surface area contributed by atoms with Crippen LogP contribution in [0.1, 0.15) is 43.1 Å². The van der Waals surface area contributed by atoms with Gasteiger partial charge in [-0.2, -0.15) is 0 Å². The van der Waals surface area contributed by atoms with Crippen LogP contribution in [0.25, 0.3) is 0 Å². The van der Waals surface area contributed by atoms with Gasteiger partial charge in [-0.3, -0.25) is 4.90 Å². The average molecular weight is 134 g/mol. The molecule has 1 nitrogen and oxygen atoms in total. The van der Waals surface area contributed by atoms with Gasteiger partial charge in [-0.1, -0.05) is 0 Å². The fourth-order valence-electron chi connectivity index (χ4n) is 0.587. The Labute approximate surface area is 67.9 Å². The molecule has 1 rings (SSSR count). The first kappa shape index (κ1) is 2.23. The van der Waals surface area contributed by atoms with Gasteiger partial charge in [0, 0.05) is 15.1 Å². The third kappa shape index (κ3) is 1.68. The largest absolute Gasteiger partial charge is 0.298 e. The lowest BCUT2D eigenvalue weighted by atomic mass is 10.1. The fourth-order valence-corrected chi connectivity index (χ4v) is 0.587. The molecule has 0 N–H and O–H groups in total. The fraction of sp³-hybridized carbons (Fsp3) is 1.00. The number of hydrogen-bond donors (Lipinski definition) is 0. The lowest BCUT2D eigenvalue weighted by Crippen LogP contribution is -2.38. The van der Waals surface area contributed by atoms with Gasteiger partial charge < -0.3 is 0 Å². The molecule has 1 heterocycles. The summed E-state index contributed by atoms with van der Waals surface area (Å²) in [7, 11) is 0. The van der Waals surface area contributed by atoms with Gasteiger partial charge in [0.15, 0.2) is 0 Å². The summed E-state index contributed by atoms with van der Waals surface area (Å²) in [6.45, 7) is -0.00322. The number of nitrogens with zero attached hydrogens (tertiary/aromatic N) is 1. The maximum Gasteiger partial charge on any atom is 0.0431 e. The number of rotatable bonds is 0. The molecule has 0 bridgehead atoms. The van der Waals surface area contributed by atoms with E-state index in [9.17, 15) is 0 Å². The molecule has 0 aromatic carbocycles. The molecule has 1 fully saturated rings. The van der Waals surface area contributed by atoms with E-state index in [1.54, 1.807) is 20.8 Å². The molecule has 9 heavy (non-hydrogen) atoms. The predicted molar refractivity (Wildman–Crippen MR) is 40.6 cm³/mol. The van der Waals surface area contributed by atoms with E-state index in [2.05, 4.69) is 0 Å². The highest BCUT2D eigenvalue weighted by molar-refractivity contribution is 4.79. The Kier molecular flexibility index (Phi) is 0.569. The van der Waals surface area contributed by atoms with Crippen molar-refractivity contribution in [3.05, 3.63) is 0 Å². The molecule has 1 aliphatic rings. The highest BCUT2D eigenvalue weighted by atomic mass is 15.2. The molecule has 1 atom stereocenters. The molecule has 0 aromatic heterocycles. The second kappa shape index (κ2) is 2.30. The van der Waals surface area contributed by atoms with Crippen LogP contribution in [0.15, 0.2) is 0 Å². The predicted octanol–water partition coefficient (Wildman–Crippen LogP) is 1.88. The summed E-state index contributed by atoms with van der Waals surface area (Å²) in [6.07, 6.45) is -4.31. The van der Waals surface area contributed by atoms with E-state index in [1.165, 1.54) is 0 Å². The minimum atomic E-state index is -2.54. The summed E-state index contributed by atoms with van der Waals surface area (Å²) in [6, 6.07) is 0. The van der Waals surface area contributed by atoms with Crippen molar-refractivity contribution in [1.29, 1.82) is 0 Å². The van der Waals surface area contributed by atoms with E-state index in [0.29, 0.717) is 0 Å². The first-order valence-electron chi connectivity index (χ1n) is 6.58. The van der Waals surface area contributed by atoms with E-state index in [1.807, 2.05) is 0 Å². The van der Waals surface area contributed by atoms with Gasteiger partial charge in [-0.25, -0.2) is 0 Å². The van der Waals surface area contributed by atoms with E-state index in [-0.39, 0.29) is 0 Å². The molecule has 1 heteroatoms. The Morgan fingerprint density at radius 1 is 1.33 bits per heavy atom. The third-order valence-corrected chi connectivity index (χ3v) is 1.11. The second-order valence-electron chi connectivity index (χ2n) is 3.04. The third-order valence-electron chi connectivity index (χ3n) is 1.11. The normalized spacial score (nSPS) is 59.4. The van der Waals surface area contributed by atoms with Crippen LogP contribution in [-0.4, -0.2) is 23.4 Å². The molecule has 0 amide bonds. The standard InChI is InChI=1S/C8H17N/c1-8(2,3)9-6-4-5-7-9/h4-7H2,1-3H3/i4D,5D2,6D2,7D2. The van der Waals surface area contributed by atoms with E-state index in [0.717, 1.165) is 4.90 Å². The summed E-state index contributed by atoms with van der Waals surface area (Å²) in [5.74, 6) is 0. The monoisotopic (exact) mass is 134 g/mol. The van der Waals surface area contributed by atoms with Gasteiger partial charge in [-0.05, 0) is 46.5 Å². The van der Waals surface area contributed by atoms with Crippen LogP contribution in [0.2, 0.25) is 0 Å². The van der Waals surface area contributed by atoms with Crippen molar-refractivity contribution in [2.75, 3.05) is 13.0 Å². The second-order valence-corrected chi connectivity index (χ2v) is 3.04. The van der Waals surface area contributed by atoms with E-state index >= 15 is 0 Å². The van der Waals surface area contributed by atoms with Crippen molar-refractivity contribution in [3.8, 4) is 0 Å². The number of likely N-dealkylation sites (tertiary alicyclic amines) is 1. The maximum atomic E-state index is 7.75. The molecule has 1 saturated heterocycles. The Bertz CT molecular complexity index is 293. The first-order chi connectivity index (χ1) is 6.77. The lowest BCUT2D eigenvalue weighted by molar-refractivity contribution is 0.175. The summed E-state index contributed by atoms with van der Waals surface area (Å²) in [5, 5.41) is 0. The van der Waals surface area contributed by atoms with Crippen molar-refractivity contribution >= 4 is 0 Å². The van der Waals surface area contributed by atoms with E-state index < -0.39 is 31.3 Å². The smallest absolute Gasteiger partial charge is 0.0431 e. The van der Waals surface area contributed by atoms with Crippen molar-refractivity contribution in [1.82, 2.24) is 4.90 Å². The Balaban J connectivity index is 3.38. The summed E-state index contributed by atoms with van der Waals surface area (Å²) < 4.78 is 53.7. The zero-order valence-electron chi connectivity index (χ0n) is 13.0. The molecule has 0 radical (unpaired) electrons. The van der Waals surface area contributed by atoms with Crippen LogP contribution in [0.5, 0.6) is 0 Å². The van der Waals surface area contributed by atoms with Gasteiger partial charge >= 0.3 is 0 Å². The van der Waals surface area contributed by atoms with Crippen LogP contribution in [-0.2, 0) is 0 Å². The molecule has 0 saturated carbocycles. The maximum absolute atomic E-state index is 7.75. The zero-order valence-corrected chi connectivity index (χ0v) is 6.02. The van der Waals surface area contributed by atoms with Crippen LogP contribution in [0, 0.1) is 0 Å². The molecular formula is C8H17N. The zero-order chi connectivity index (χ0) is 13.2. The van der Waals surface area contributed by atoms with Crippen molar-refractivity contribution in [2.24, 2.45) is 0 Å². The minimum Gasteiger partial charge on any atom is -0.298 e. The van der Waals surface area contributed by atoms with Gasteiger partial charge in [-0.15, -0.1) is 0 Å². The summed E-state index contributed by atoms with van der Waals surface area (Å²) in [4.78, 5) is 0.824. The van der Waals surface area contributed by atoms with Gasteiger partial charge in [0.25, 0.3) is 0 Å². The average Bonchev–Trinajstić information content (AvgIpc) is 2.05. The Hall–Kier alpha value is -0.0400. The summed E-state index contributed by atoms with van der Waals surface area (Å²) >= 11 is 0. The van der Waals surface area contributed by atoms with E-state index in [4.69, 9.17) is 9.60 Å². The van der Waals surface area contributed by atoms with Gasteiger partial charge in [0.1, 0.15) is 0 Å². The Morgan fingerprint density at radius 2 is 2.00 bits per heavy atom. The molecule has 0 aromatic rings. The van der Waals surface area contributed by atoms with Crippen LogP contribution in [0.3, 0.4) is 0 Å². The van der Waals surface area contributed by atoms with Crippen molar-refractivity contribution in [2.45, 2.75) is 39.1 Å². The lowest BCUT2D eigenvalue weighted by Gasteiger charge is -2.31. The van der Waals surface area contributed by atoms with Crippen LogP contribution < -0.4 is 0 Å². The first-order valence-corrected chi connectivity index (χ1v) is 3.00.